The van der Waals surface area contributed by atoms with E-state index in [1.807, 2.05) is 0 Å². The molecule has 34 heavy (non-hydrogen) atoms. The van der Waals surface area contributed by atoms with Crippen LogP contribution in [0.15, 0.2) is 54.6 Å². The second-order valence-electron chi connectivity index (χ2n) is 7.56. The fourth-order valence-corrected chi connectivity index (χ4v) is 3.83. The van der Waals surface area contributed by atoms with Gasteiger partial charge in [0.05, 0.1) is 33.9 Å². The molecule has 0 aromatic heterocycles. The maximum atomic E-state index is 11.8. The molecule has 0 aliphatic rings. The Kier molecular flexibility index (Phi) is 7.86. The molecule has 0 bridgehead atoms. The van der Waals surface area contributed by atoms with Crippen molar-refractivity contribution in [1.29, 1.82) is 0 Å². The Morgan fingerprint density at radius 1 is 0.824 bits per heavy atom. The zero-order chi connectivity index (χ0) is 24.8. The molecule has 3 rings (SSSR count). The number of aromatic hydroxyl groups is 2. The molecule has 2 atom stereocenters. The van der Waals surface area contributed by atoms with Crippen molar-refractivity contribution < 1.29 is 39.1 Å². The summed E-state index contributed by atoms with van der Waals surface area (Å²) in [5.41, 5.74) is 1.21. The average Bonchev–Trinajstić information content (AvgIpc) is 2.84. The van der Waals surface area contributed by atoms with Gasteiger partial charge in [-0.2, -0.15) is 0 Å². The number of hydrogen-bond donors (Lipinski definition) is 3. The molecule has 0 radical (unpaired) electrons. The number of benzene rings is 3. The van der Waals surface area contributed by atoms with E-state index in [4.69, 9.17) is 18.9 Å². The van der Waals surface area contributed by atoms with E-state index in [0.717, 1.165) is 0 Å². The van der Waals surface area contributed by atoms with Crippen LogP contribution in [0.1, 0.15) is 34.3 Å². The molecule has 0 spiro atoms. The first-order chi connectivity index (χ1) is 16.3. The van der Waals surface area contributed by atoms with Crippen molar-refractivity contribution in [2.75, 3.05) is 27.9 Å². The highest BCUT2D eigenvalue weighted by atomic mass is 16.5. The second-order valence-corrected chi connectivity index (χ2v) is 7.56. The second kappa shape index (κ2) is 10.8. The lowest BCUT2D eigenvalue weighted by Crippen LogP contribution is -2.30. The van der Waals surface area contributed by atoms with Crippen molar-refractivity contribution in [1.82, 2.24) is 0 Å². The summed E-state index contributed by atoms with van der Waals surface area (Å²) in [5, 5.41) is 31.6. The Balaban J connectivity index is 2.15. The fraction of sp³-hybridized carbons (Fsp3) is 0.269. The van der Waals surface area contributed by atoms with Crippen molar-refractivity contribution in [2.45, 2.75) is 18.9 Å². The van der Waals surface area contributed by atoms with E-state index in [2.05, 4.69) is 0 Å². The summed E-state index contributed by atoms with van der Waals surface area (Å²) in [6.07, 6.45) is -0.964. The minimum atomic E-state index is -0.964. The summed E-state index contributed by atoms with van der Waals surface area (Å²) in [7, 11) is 4.46. The predicted molar refractivity (Wildman–Crippen MR) is 126 cm³/mol. The lowest BCUT2D eigenvalue weighted by Gasteiger charge is -2.29. The van der Waals surface area contributed by atoms with Crippen LogP contribution in [0.5, 0.6) is 34.5 Å². The minimum Gasteiger partial charge on any atom is -0.508 e. The summed E-state index contributed by atoms with van der Waals surface area (Å²) in [6, 6.07) is 14.2. The number of carbonyl (C=O) groups excluding carboxylic acids is 1. The zero-order valence-electron chi connectivity index (χ0n) is 19.4. The third-order valence-corrected chi connectivity index (χ3v) is 5.54. The van der Waals surface area contributed by atoms with Crippen LogP contribution in [0, 0.1) is 0 Å². The van der Waals surface area contributed by atoms with E-state index in [1.54, 1.807) is 36.4 Å². The number of rotatable bonds is 10. The molecule has 2 unspecified atom stereocenters. The molecule has 0 heterocycles. The van der Waals surface area contributed by atoms with Gasteiger partial charge in [-0.05, 0) is 55.0 Å². The van der Waals surface area contributed by atoms with Crippen LogP contribution in [0.3, 0.4) is 0 Å². The summed E-state index contributed by atoms with van der Waals surface area (Å²) in [5.74, 6) is 0.232. The normalized spacial score (nSPS) is 12.5. The number of carbonyl (C=O) groups is 1. The fourth-order valence-electron chi connectivity index (χ4n) is 3.83. The summed E-state index contributed by atoms with van der Waals surface area (Å²) < 4.78 is 22.3. The predicted octanol–water partition coefficient (Wildman–Crippen LogP) is 3.90. The van der Waals surface area contributed by atoms with E-state index >= 15 is 0 Å². The van der Waals surface area contributed by atoms with Gasteiger partial charge in [0, 0.05) is 11.1 Å². The van der Waals surface area contributed by atoms with Crippen LogP contribution in [0.25, 0.3) is 0 Å². The topological polar surface area (TPSA) is 115 Å². The molecular formula is C26H28O8. The molecule has 8 nitrogen and oxygen atoms in total. The van der Waals surface area contributed by atoms with Crippen LogP contribution in [0.4, 0.5) is 0 Å². The smallest absolute Gasteiger partial charge is 0.161 e. The molecule has 3 N–H and O–H groups in total. The number of aliphatic hydroxyl groups is 1. The first-order valence-corrected chi connectivity index (χ1v) is 10.5. The van der Waals surface area contributed by atoms with E-state index < -0.39 is 18.6 Å². The Morgan fingerprint density at radius 2 is 1.41 bits per heavy atom. The SMILES string of the molecule is COc1ccc(C(c2c(O)cccc2O)C(CO)Oc2ccc(C(C)=O)cc2OC)cc1OC. The molecule has 0 aliphatic heterocycles. The summed E-state index contributed by atoms with van der Waals surface area (Å²) in [6.45, 7) is 0.976. The minimum absolute atomic E-state index is 0.133. The molecule has 3 aromatic rings. The molecule has 0 fully saturated rings. The van der Waals surface area contributed by atoms with Gasteiger partial charge in [-0.3, -0.25) is 4.79 Å². The highest BCUT2D eigenvalue weighted by Crippen LogP contribution is 2.43. The Labute approximate surface area is 197 Å². The van der Waals surface area contributed by atoms with Gasteiger partial charge >= 0.3 is 0 Å². The number of phenolic OH excluding ortho intramolecular Hbond substituents is 2. The third kappa shape index (κ3) is 5.02. The van der Waals surface area contributed by atoms with Gasteiger partial charge < -0.3 is 34.3 Å². The Morgan fingerprint density at radius 3 is 1.97 bits per heavy atom. The van der Waals surface area contributed by atoms with Gasteiger partial charge in [0.1, 0.15) is 17.6 Å². The maximum absolute atomic E-state index is 11.8. The molecule has 3 aromatic carbocycles. The summed E-state index contributed by atoms with van der Waals surface area (Å²) in [4.78, 5) is 11.8. The number of ketones is 1. The van der Waals surface area contributed by atoms with Crippen molar-refractivity contribution in [3.63, 3.8) is 0 Å². The zero-order valence-corrected chi connectivity index (χ0v) is 19.4. The number of Topliss-reactive ketones (excluding diaryl/α,β-unsaturated/α-hetero) is 1. The van der Waals surface area contributed by atoms with Crippen molar-refractivity contribution in [3.05, 3.63) is 71.3 Å². The first-order valence-electron chi connectivity index (χ1n) is 10.5. The van der Waals surface area contributed by atoms with Crippen LogP contribution >= 0.6 is 0 Å². The molecule has 0 amide bonds. The van der Waals surface area contributed by atoms with Crippen LogP contribution in [-0.4, -0.2) is 55.1 Å². The monoisotopic (exact) mass is 468 g/mol. The van der Waals surface area contributed by atoms with Gasteiger partial charge in [-0.1, -0.05) is 12.1 Å². The number of hydrogen-bond acceptors (Lipinski definition) is 8. The Hall–Kier alpha value is -3.91. The quantitative estimate of drug-likeness (QED) is 0.384. The van der Waals surface area contributed by atoms with Gasteiger partial charge in [-0.25, -0.2) is 0 Å². The Bertz CT molecular complexity index is 1140. The largest absolute Gasteiger partial charge is 0.508 e. The summed E-state index contributed by atoms with van der Waals surface area (Å²) >= 11 is 0. The van der Waals surface area contributed by atoms with E-state index in [0.29, 0.717) is 28.4 Å². The van der Waals surface area contributed by atoms with Crippen molar-refractivity contribution in [2.24, 2.45) is 0 Å². The third-order valence-electron chi connectivity index (χ3n) is 5.54. The van der Waals surface area contributed by atoms with Gasteiger partial charge in [0.15, 0.2) is 28.8 Å². The van der Waals surface area contributed by atoms with E-state index in [-0.39, 0.29) is 28.6 Å². The molecule has 8 heteroatoms. The highest BCUT2D eigenvalue weighted by molar-refractivity contribution is 5.94. The van der Waals surface area contributed by atoms with Crippen LogP contribution in [0.2, 0.25) is 0 Å². The number of ether oxygens (including phenoxy) is 4. The van der Waals surface area contributed by atoms with E-state index in [9.17, 15) is 20.1 Å². The molecule has 0 saturated heterocycles. The van der Waals surface area contributed by atoms with Gasteiger partial charge in [0.2, 0.25) is 0 Å². The first kappa shape index (κ1) is 24.7. The van der Waals surface area contributed by atoms with Crippen molar-refractivity contribution in [3.8, 4) is 34.5 Å². The lowest BCUT2D eigenvalue weighted by molar-refractivity contribution is 0.0977. The lowest BCUT2D eigenvalue weighted by atomic mass is 9.85. The van der Waals surface area contributed by atoms with Gasteiger partial charge in [-0.15, -0.1) is 0 Å². The molecular weight excluding hydrogens is 440 g/mol. The molecule has 180 valence electrons. The molecule has 0 aliphatic carbocycles. The van der Waals surface area contributed by atoms with Crippen LogP contribution < -0.4 is 18.9 Å². The number of methoxy groups -OCH3 is 3. The number of aliphatic hydroxyl groups excluding tert-OH is 1. The maximum Gasteiger partial charge on any atom is 0.161 e. The number of phenols is 2. The van der Waals surface area contributed by atoms with Crippen LogP contribution in [-0.2, 0) is 0 Å². The highest BCUT2D eigenvalue weighted by Gasteiger charge is 2.32. The molecule has 0 saturated carbocycles. The van der Waals surface area contributed by atoms with Gasteiger partial charge in [0.25, 0.3) is 0 Å². The van der Waals surface area contributed by atoms with Crippen molar-refractivity contribution >= 4 is 5.78 Å². The standard InChI is InChI=1S/C26H28O8/c1-15(28)16-8-11-21(23(12-16)33-4)34-24(14-27)25(26-18(29)6-5-7-19(26)30)17-9-10-20(31-2)22(13-17)32-3/h5-13,24-25,27,29-30H,14H2,1-4H3. The van der Waals surface area contributed by atoms with E-state index in [1.165, 1.54) is 46.5 Å². The average molecular weight is 469 g/mol.